The molecule has 0 saturated heterocycles. The van der Waals surface area contributed by atoms with Crippen LogP contribution < -0.4 is 0 Å². The number of nitrogens with zero attached hydrogens (tertiary/aromatic N) is 4. The molecule has 0 unspecified atom stereocenters. The van der Waals surface area contributed by atoms with Crippen molar-refractivity contribution in [3.05, 3.63) is 158 Å². The van der Waals surface area contributed by atoms with Crippen LogP contribution in [0.4, 0.5) is 0 Å². The summed E-state index contributed by atoms with van der Waals surface area (Å²) < 4.78 is 2.12. The van der Waals surface area contributed by atoms with E-state index in [0.29, 0.717) is 0 Å². The fourth-order valence-electron chi connectivity index (χ4n) is 6.57. The van der Waals surface area contributed by atoms with Gasteiger partial charge >= 0.3 is 0 Å². The lowest BCUT2D eigenvalue weighted by Crippen LogP contribution is -1.98. The van der Waals surface area contributed by atoms with Crippen molar-refractivity contribution < 1.29 is 0 Å². The fraction of sp³-hybridized carbons (Fsp3) is 0. The molecule has 0 bridgehead atoms. The van der Waals surface area contributed by atoms with E-state index < -0.39 is 0 Å². The zero-order valence-electron chi connectivity index (χ0n) is 24.3. The molecule has 9 rings (SSSR count). The zero-order chi connectivity index (χ0) is 29.7. The van der Waals surface area contributed by atoms with Gasteiger partial charge in [0.15, 0.2) is 0 Å². The van der Waals surface area contributed by atoms with E-state index in [9.17, 15) is 0 Å². The summed E-state index contributed by atoms with van der Waals surface area (Å²) in [5.74, 6) is 0. The molecule has 0 N–H and O–H groups in total. The molecule has 210 valence electrons. The van der Waals surface area contributed by atoms with Crippen LogP contribution in [0.5, 0.6) is 0 Å². The second-order valence-corrected chi connectivity index (χ2v) is 11.3. The summed E-state index contributed by atoms with van der Waals surface area (Å²) in [7, 11) is 0. The monoisotopic (exact) mass is 574 g/mol. The lowest BCUT2D eigenvalue weighted by atomic mass is 9.91. The summed E-state index contributed by atoms with van der Waals surface area (Å²) in [6.45, 7) is 0. The first kappa shape index (κ1) is 25.4. The van der Waals surface area contributed by atoms with Crippen LogP contribution in [0.15, 0.2) is 158 Å². The number of para-hydroxylation sites is 1. The Morgan fingerprint density at radius 2 is 1.13 bits per heavy atom. The molecule has 0 spiro atoms. The summed E-state index contributed by atoms with van der Waals surface area (Å²) in [6.07, 6.45) is 1.84. The SMILES string of the molecule is c1ccc(-c2cc3cccc(-c4ccc5ccc6cccnc6c5n4)c3c3c2c(-c2ccccc2)nn3-c2ccccc2)cc1. The van der Waals surface area contributed by atoms with Crippen molar-refractivity contribution in [2.45, 2.75) is 0 Å². The molecule has 0 aliphatic rings. The van der Waals surface area contributed by atoms with E-state index in [2.05, 4.69) is 144 Å². The van der Waals surface area contributed by atoms with Gasteiger partial charge in [-0.2, -0.15) is 5.10 Å². The predicted molar refractivity (Wildman–Crippen MR) is 185 cm³/mol. The predicted octanol–water partition coefficient (Wildman–Crippen LogP) is 10.3. The molecule has 0 atom stereocenters. The molecular weight excluding hydrogens is 548 g/mol. The van der Waals surface area contributed by atoms with Crippen molar-refractivity contribution in [1.29, 1.82) is 0 Å². The Hall–Kier alpha value is -6.13. The third-order valence-corrected chi connectivity index (χ3v) is 8.63. The first-order valence-electron chi connectivity index (χ1n) is 15.1. The average Bonchev–Trinajstić information content (AvgIpc) is 3.53. The van der Waals surface area contributed by atoms with Crippen molar-refractivity contribution in [1.82, 2.24) is 19.7 Å². The maximum absolute atomic E-state index is 5.38. The van der Waals surface area contributed by atoms with Crippen LogP contribution in [0.1, 0.15) is 0 Å². The van der Waals surface area contributed by atoms with Crippen LogP contribution in [0.25, 0.3) is 82.8 Å². The van der Waals surface area contributed by atoms with Crippen molar-refractivity contribution >= 4 is 43.5 Å². The van der Waals surface area contributed by atoms with Crippen molar-refractivity contribution in [2.75, 3.05) is 0 Å². The van der Waals surface area contributed by atoms with Gasteiger partial charge in [0, 0.05) is 38.9 Å². The van der Waals surface area contributed by atoms with E-state index in [1.165, 1.54) is 0 Å². The molecule has 4 nitrogen and oxygen atoms in total. The molecule has 45 heavy (non-hydrogen) atoms. The van der Waals surface area contributed by atoms with Gasteiger partial charge in [-0.1, -0.05) is 121 Å². The van der Waals surface area contributed by atoms with Gasteiger partial charge in [-0.3, -0.25) is 4.98 Å². The Labute approximate surface area is 259 Å². The van der Waals surface area contributed by atoms with Crippen LogP contribution in [-0.4, -0.2) is 19.7 Å². The Morgan fingerprint density at radius 1 is 0.467 bits per heavy atom. The Bertz CT molecular complexity index is 2520. The van der Waals surface area contributed by atoms with E-state index in [1.54, 1.807) is 0 Å². The highest BCUT2D eigenvalue weighted by molar-refractivity contribution is 6.21. The van der Waals surface area contributed by atoms with E-state index in [4.69, 9.17) is 15.1 Å². The van der Waals surface area contributed by atoms with Gasteiger partial charge in [-0.25, -0.2) is 9.67 Å². The highest BCUT2D eigenvalue weighted by Gasteiger charge is 2.23. The van der Waals surface area contributed by atoms with Crippen molar-refractivity contribution in [3.63, 3.8) is 0 Å². The highest BCUT2D eigenvalue weighted by atomic mass is 15.3. The molecule has 0 aliphatic heterocycles. The summed E-state index contributed by atoms with van der Waals surface area (Å²) in [5.41, 5.74) is 10.2. The van der Waals surface area contributed by atoms with Gasteiger partial charge in [0.05, 0.1) is 27.9 Å². The van der Waals surface area contributed by atoms with Crippen molar-refractivity contribution in [2.24, 2.45) is 0 Å². The van der Waals surface area contributed by atoms with E-state index in [0.717, 1.165) is 82.8 Å². The van der Waals surface area contributed by atoms with Gasteiger partial charge in [0.1, 0.15) is 5.69 Å². The maximum Gasteiger partial charge on any atom is 0.101 e. The van der Waals surface area contributed by atoms with Crippen molar-refractivity contribution in [3.8, 4) is 39.3 Å². The van der Waals surface area contributed by atoms with Crippen LogP contribution in [0.3, 0.4) is 0 Å². The van der Waals surface area contributed by atoms with Gasteiger partial charge in [-0.15, -0.1) is 0 Å². The number of hydrogen-bond donors (Lipinski definition) is 0. The topological polar surface area (TPSA) is 43.6 Å². The van der Waals surface area contributed by atoms with Gasteiger partial charge in [-0.05, 0) is 46.8 Å². The Kier molecular flexibility index (Phi) is 5.78. The lowest BCUT2D eigenvalue weighted by molar-refractivity contribution is 0.918. The third-order valence-electron chi connectivity index (χ3n) is 8.63. The molecule has 4 heteroatoms. The molecule has 6 aromatic carbocycles. The normalized spacial score (nSPS) is 11.6. The number of fused-ring (bicyclic) bond motifs is 6. The minimum atomic E-state index is 0.904. The third kappa shape index (κ3) is 4.11. The summed E-state index contributed by atoms with van der Waals surface area (Å²) in [4.78, 5) is 10.0. The smallest absolute Gasteiger partial charge is 0.101 e. The van der Waals surface area contributed by atoms with Gasteiger partial charge in [0.2, 0.25) is 0 Å². The molecule has 0 fully saturated rings. The summed E-state index contributed by atoms with van der Waals surface area (Å²) >= 11 is 0. The Balaban J connectivity index is 1.45. The first-order chi connectivity index (χ1) is 22.3. The van der Waals surface area contributed by atoms with Crippen LogP contribution >= 0.6 is 0 Å². The minimum absolute atomic E-state index is 0.904. The van der Waals surface area contributed by atoms with Crippen LogP contribution in [0, 0.1) is 0 Å². The largest absolute Gasteiger partial charge is 0.254 e. The van der Waals surface area contributed by atoms with E-state index >= 15 is 0 Å². The van der Waals surface area contributed by atoms with E-state index in [1.807, 2.05) is 18.3 Å². The minimum Gasteiger partial charge on any atom is -0.254 e. The molecule has 3 aromatic heterocycles. The summed E-state index contributed by atoms with van der Waals surface area (Å²) in [6, 6.07) is 53.0. The number of hydrogen-bond acceptors (Lipinski definition) is 3. The molecule has 0 amide bonds. The van der Waals surface area contributed by atoms with Gasteiger partial charge < -0.3 is 0 Å². The zero-order valence-corrected chi connectivity index (χ0v) is 24.3. The molecule has 0 aliphatic carbocycles. The standard InChI is InChI=1S/C41H26N4/c1-4-12-27(13-5-1)34-26-31-16-10-20-33(35-24-23-30-22-21-29-17-11-25-42-39(29)40(30)43-35)36(31)41-37(34)38(28-14-6-2-7-15-28)44-45(41)32-18-8-3-9-19-32/h1-26H. The maximum atomic E-state index is 5.38. The second-order valence-electron chi connectivity index (χ2n) is 11.3. The van der Waals surface area contributed by atoms with Crippen LogP contribution in [0.2, 0.25) is 0 Å². The second kappa shape index (κ2) is 10.2. The molecule has 9 aromatic rings. The molecule has 0 saturated carbocycles. The quantitative estimate of drug-likeness (QED) is 0.196. The number of benzene rings is 6. The number of aromatic nitrogens is 4. The summed E-state index contributed by atoms with van der Waals surface area (Å²) in [5, 5.41) is 10.9. The molecule has 0 radical (unpaired) electrons. The molecular formula is C41H26N4. The van der Waals surface area contributed by atoms with Gasteiger partial charge in [0.25, 0.3) is 0 Å². The fourth-order valence-corrected chi connectivity index (χ4v) is 6.57. The molecule has 3 heterocycles. The first-order valence-corrected chi connectivity index (χ1v) is 15.1. The Morgan fingerprint density at radius 3 is 1.91 bits per heavy atom. The highest BCUT2D eigenvalue weighted by Crippen LogP contribution is 2.44. The number of pyridine rings is 2. The average molecular weight is 575 g/mol. The van der Waals surface area contributed by atoms with Crippen LogP contribution in [-0.2, 0) is 0 Å². The van der Waals surface area contributed by atoms with E-state index in [-0.39, 0.29) is 0 Å². The lowest BCUT2D eigenvalue weighted by Gasteiger charge is -2.14. The number of rotatable bonds is 4.